The summed E-state index contributed by atoms with van der Waals surface area (Å²) >= 11 is 0. The molecule has 10 heteroatoms. The van der Waals surface area contributed by atoms with E-state index in [-0.39, 0.29) is 23.9 Å². The molecule has 1 aliphatic heterocycles. The Bertz CT molecular complexity index is 1210. The third-order valence-electron chi connectivity index (χ3n) is 7.33. The summed E-state index contributed by atoms with van der Waals surface area (Å²) in [5, 5.41) is 8.78. The van der Waals surface area contributed by atoms with Crippen molar-refractivity contribution in [3.05, 3.63) is 64.7 Å². The quantitative estimate of drug-likeness (QED) is 0.562. The van der Waals surface area contributed by atoms with Crippen LogP contribution in [0.2, 0.25) is 0 Å². The van der Waals surface area contributed by atoms with Crippen LogP contribution in [0.4, 0.5) is 13.2 Å². The lowest BCUT2D eigenvalue weighted by Gasteiger charge is -2.39. The molecule has 1 amide bonds. The number of hydrogen-bond donors (Lipinski definition) is 2. The van der Waals surface area contributed by atoms with Crippen LogP contribution in [-0.2, 0) is 27.8 Å². The highest BCUT2D eigenvalue weighted by Crippen LogP contribution is 2.39. The Morgan fingerprint density at radius 1 is 1.14 bits per heavy atom. The van der Waals surface area contributed by atoms with E-state index in [9.17, 15) is 26.4 Å². The predicted octanol–water partition coefficient (Wildman–Crippen LogP) is 4.43. The monoisotopic (exact) mass is 523 g/mol. The van der Waals surface area contributed by atoms with Crippen LogP contribution in [0.3, 0.4) is 0 Å². The van der Waals surface area contributed by atoms with Crippen molar-refractivity contribution in [1.29, 1.82) is 0 Å². The Kier molecular flexibility index (Phi) is 7.78. The van der Waals surface area contributed by atoms with Crippen molar-refractivity contribution >= 4 is 15.9 Å². The van der Waals surface area contributed by atoms with Crippen molar-refractivity contribution in [3.63, 3.8) is 0 Å². The lowest BCUT2D eigenvalue weighted by molar-refractivity contribution is -0.187. The summed E-state index contributed by atoms with van der Waals surface area (Å²) in [6.45, 7) is 2.37. The number of nitrogens with one attached hydrogen (secondary N) is 1. The van der Waals surface area contributed by atoms with Gasteiger partial charge in [0.2, 0.25) is 10.0 Å². The number of benzene rings is 2. The molecule has 36 heavy (non-hydrogen) atoms. The van der Waals surface area contributed by atoms with Crippen molar-refractivity contribution in [2.75, 3.05) is 6.54 Å². The zero-order chi connectivity index (χ0) is 26.1. The van der Waals surface area contributed by atoms with Gasteiger partial charge in [0.1, 0.15) is 0 Å². The van der Waals surface area contributed by atoms with Crippen molar-refractivity contribution in [3.8, 4) is 0 Å². The molecule has 1 heterocycles. The van der Waals surface area contributed by atoms with Crippen LogP contribution in [0.25, 0.3) is 0 Å². The van der Waals surface area contributed by atoms with Gasteiger partial charge < -0.3 is 10.2 Å². The second-order valence-electron chi connectivity index (χ2n) is 9.92. The fourth-order valence-corrected chi connectivity index (χ4v) is 6.14. The fourth-order valence-electron chi connectivity index (χ4n) is 5.57. The van der Waals surface area contributed by atoms with Crippen LogP contribution in [0, 0.1) is 5.92 Å². The number of fused-ring (bicyclic) bond motifs is 1. The van der Waals surface area contributed by atoms with Gasteiger partial charge in [0, 0.05) is 19.1 Å². The molecule has 1 fully saturated rings. The molecular formula is C26H32F3N3O3S. The summed E-state index contributed by atoms with van der Waals surface area (Å²) in [4.78, 5) is 13.2. The molecule has 2 aromatic carbocycles. The number of sulfonamides is 1. The maximum absolute atomic E-state index is 13.6. The average Bonchev–Trinajstić information content (AvgIpc) is 3.33. The molecular weight excluding hydrogens is 491 g/mol. The van der Waals surface area contributed by atoms with E-state index in [2.05, 4.69) is 12.2 Å². The Hall–Kier alpha value is -2.43. The Morgan fingerprint density at radius 3 is 2.50 bits per heavy atom. The van der Waals surface area contributed by atoms with Gasteiger partial charge in [-0.05, 0) is 60.1 Å². The highest BCUT2D eigenvalue weighted by atomic mass is 32.2. The number of halogens is 3. The number of carbonyl (C=O) groups is 1. The smallest absolute Gasteiger partial charge is 0.323 e. The second-order valence-corrected chi connectivity index (χ2v) is 11.5. The molecule has 0 radical (unpaired) electrons. The fraction of sp³-hybridized carbons (Fsp3) is 0.500. The predicted molar refractivity (Wildman–Crippen MR) is 130 cm³/mol. The van der Waals surface area contributed by atoms with Gasteiger partial charge in [-0.1, -0.05) is 56.0 Å². The number of hydrogen-bond acceptors (Lipinski definition) is 4. The maximum atomic E-state index is 13.6. The number of nitrogens with zero attached hydrogens (tertiary/aromatic N) is 1. The van der Waals surface area contributed by atoms with E-state index in [4.69, 9.17) is 5.14 Å². The summed E-state index contributed by atoms with van der Waals surface area (Å²) in [5.41, 5.74) is 2.41. The number of alkyl halides is 3. The zero-order valence-electron chi connectivity index (χ0n) is 20.2. The minimum absolute atomic E-state index is 0.0931. The lowest BCUT2D eigenvalue weighted by Crippen LogP contribution is -2.47. The van der Waals surface area contributed by atoms with E-state index in [1.165, 1.54) is 43.9 Å². The summed E-state index contributed by atoms with van der Waals surface area (Å²) < 4.78 is 64.4. The number of nitrogens with two attached hydrogens (primary N) is 1. The first-order chi connectivity index (χ1) is 16.9. The van der Waals surface area contributed by atoms with E-state index in [1.54, 1.807) is 12.1 Å². The molecule has 3 N–H and O–H groups in total. The van der Waals surface area contributed by atoms with Crippen LogP contribution in [0.1, 0.15) is 67.3 Å². The second kappa shape index (κ2) is 10.5. The highest BCUT2D eigenvalue weighted by Gasteiger charge is 2.47. The van der Waals surface area contributed by atoms with Crippen LogP contribution < -0.4 is 10.5 Å². The summed E-state index contributed by atoms with van der Waals surface area (Å²) in [5.74, 6) is -1.22. The van der Waals surface area contributed by atoms with Crippen molar-refractivity contribution in [1.82, 2.24) is 10.2 Å². The highest BCUT2D eigenvalue weighted by molar-refractivity contribution is 7.89. The van der Waals surface area contributed by atoms with Gasteiger partial charge in [-0.15, -0.1) is 0 Å². The van der Waals surface area contributed by atoms with Crippen LogP contribution in [-0.4, -0.2) is 38.0 Å². The molecule has 1 saturated carbocycles. The maximum Gasteiger partial charge on any atom is 0.471 e. The third-order valence-corrected chi connectivity index (χ3v) is 8.24. The van der Waals surface area contributed by atoms with Gasteiger partial charge in [-0.2, -0.15) is 13.2 Å². The standard InChI is InChI=1S/C26H32F3N3O3S/c1-17(14-18-6-2-3-7-18)31-16-20-8-4-5-9-22(20)24-23-11-10-21(36(30,34)35)15-19(23)12-13-32(24)25(33)26(27,28)29/h4-5,8-11,15,17-18,24,31H,2-3,6-7,12-14,16H2,1H3,(H2,30,34,35)/t17-,24?/m0/s1. The molecule has 0 spiro atoms. The summed E-state index contributed by atoms with van der Waals surface area (Å²) in [6, 6.07) is 10.6. The number of amides is 1. The molecule has 0 aromatic heterocycles. The SMILES string of the molecule is C[C@@H](CC1CCCC1)NCc1ccccc1C1c2ccc(S(N)(=O)=O)cc2CCN1C(=O)C(F)(F)F. The molecule has 1 aliphatic carbocycles. The Morgan fingerprint density at radius 2 is 1.83 bits per heavy atom. The summed E-state index contributed by atoms with van der Waals surface area (Å²) in [7, 11) is -3.98. The van der Waals surface area contributed by atoms with Crippen LogP contribution >= 0.6 is 0 Å². The van der Waals surface area contributed by atoms with Crippen molar-refractivity contribution < 1.29 is 26.4 Å². The first-order valence-electron chi connectivity index (χ1n) is 12.3. The van der Waals surface area contributed by atoms with E-state index >= 15 is 0 Å². The van der Waals surface area contributed by atoms with Crippen LogP contribution in [0.15, 0.2) is 47.4 Å². The average molecular weight is 524 g/mol. The van der Waals surface area contributed by atoms with Crippen molar-refractivity contribution in [2.45, 2.75) is 75.1 Å². The van der Waals surface area contributed by atoms with E-state index in [1.807, 2.05) is 12.1 Å². The van der Waals surface area contributed by atoms with Crippen LogP contribution in [0.5, 0.6) is 0 Å². The van der Waals surface area contributed by atoms with Gasteiger partial charge in [0.15, 0.2) is 0 Å². The Balaban J connectivity index is 1.69. The van der Waals surface area contributed by atoms with Gasteiger partial charge in [-0.25, -0.2) is 13.6 Å². The van der Waals surface area contributed by atoms with E-state index in [0.717, 1.165) is 16.9 Å². The van der Waals surface area contributed by atoms with E-state index in [0.29, 0.717) is 29.2 Å². The third kappa shape index (κ3) is 5.92. The number of rotatable bonds is 7. The van der Waals surface area contributed by atoms with Gasteiger partial charge in [0.25, 0.3) is 0 Å². The molecule has 4 rings (SSSR count). The molecule has 0 saturated heterocycles. The zero-order valence-corrected chi connectivity index (χ0v) is 21.0. The molecule has 1 unspecified atom stereocenters. The number of primary sulfonamides is 1. The minimum atomic E-state index is -5.03. The summed E-state index contributed by atoms with van der Waals surface area (Å²) in [6.07, 6.45) is 1.10. The number of carbonyl (C=O) groups excluding carboxylic acids is 1. The first-order valence-corrected chi connectivity index (χ1v) is 13.8. The molecule has 6 nitrogen and oxygen atoms in total. The topological polar surface area (TPSA) is 92.5 Å². The molecule has 2 aliphatic rings. The molecule has 0 bridgehead atoms. The molecule has 2 aromatic rings. The normalized spacial score (nSPS) is 19.8. The largest absolute Gasteiger partial charge is 0.471 e. The molecule has 2 atom stereocenters. The van der Waals surface area contributed by atoms with Gasteiger partial charge in [0.05, 0.1) is 10.9 Å². The lowest BCUT2D eigenvalue weighted by atomic mass is 9.86. The Labute approximate surface area is 210 Å². The van der Waals surface area contributed by atoms with Crippen molar-refractivity contribution in [2.24, 2.45) is 11.1 Å². The first kappa shape index (κ1) is 26.6. The van der Waals surface area contributed by atoms with Gasteiger partial charge >= 0.3 is 12.1 Å². The van der Waals surface area contributed by atoms with E-state index < -0.39 is 28.1 Å². The van der Waals surface area contributed by atoms with Gasteiger partial charge in [-0.3, -0.25) is 4.79 Å². The minimum Gasteiger partial charge on any atom is -0.323 e. The molecule has 196 valence electrons.